The van der Waals surface area contributed by atoms with Crippen molar-refractivity contribution in [1.82, 2.24) is 4.90 Å². The van der Waals surface area contributed by atoms with E-state index in [2.05, 4.69) is 25.7 Å². The van der Waals surface area contributed by atoms with Gasteiger partial charge in [-0.1, -0.05) is 117 Å². The molecule has 0 N–H and O–H groups in total. The second-order valence-corrected chi connectivity index (χ2v) is 8.14. The third-order valence-corrected chi connectivity index (χ3v) is 5.41. The van der Waals surface area contributed by atoms with E-state index in [0.29, 0.717) is 0 Å². The summed E-state index contributed by atoms with van der Waals surface area (Å²) < 4.78 is 0. The topological polar surface area (TPSA) is 3.24 Å². The first-order chi connectivity index (χ1) is 12.3. The van der Waals surface area contributed by atoms with E-state index in [1.165, 1.54) is 135 Å². The molecule has 0 aliphatic carbocycles. The largest absolute Gasteiger partial charge is 0.303 e. The van der Waals surface area contributed by atoms with E-state index in [1.54, 1.807) is 0 Å². The fourth-order valence-corrected chi connectivity index (χ4v) is 3.85. The van der Waals surface area contributed by atoms with Crippen LogP contribution < -0.4 is 0 Å². The molecule has 0 aliphatic rings. The molecule has 0 atom stereocenters. The van der Waals surface area contributed by atoms with Gasteiger partial charge in [0.15, 0.2) is 0 Å². The molecule has 0 radical (unpaired) electrons. The van der Waals surface area contributed by atoms with Gasteiger partial charge in [0.1, 0.15) is 0 Å². The number of nitrogens with zero attached hydrogens (tertiary/aromatic N) is 1. The van der Waals surface area contributed by atoms with Gasteiger partial charge in [-0.3, -0.25) is 0 Å². The molecule has 0 rings (SSSR count). The van der Waals surface area contributed by atoms with Crippen LogP contribution in [-0.4, -0.2) is 24.5 Å². The highest BCUT2D eigenvalue weighted by Gasteiger charge is 2.01. The Bertz CT molecular complexity index is 220. The van der Waals surface area contributed by atoms with Crippen molar-refractivity contribution in [3.05, 3.63) is 0 Å². The van der Waals surface area contributed by atoms with Gasteiger partial charge in [-0.25, -0.2) is 0 Å². The standard InChI is InChI=1S/C24H51N/c1-4-7-8-9-10-11-12-13-14-15-16-17-18-19-20-21-24-25(22-5-2)23-6-3/h4-24H2,1-3H3. The molecule has 0 saturated carbocycles. The highest BCUT2D eigenvalue weighted by Crippen LogP contribution is 2.13. The smallest absolute Gasteiger partial charge is 0.00187 e. The summed E-state index contributed by atoms with van der Waals surface area (Å²) in [6.07, 6.45) is 26.0. The van der Waals surface area contributed by atoms with Crippen LogP contribution in [0, 0.1) is 0 Å². The number of rotatable bonds is 21. The van der Waals surface area contributed by atoms with Gasteiger partial charge < -0.3 is 4.90 Å². The maximum Gasteiger partial charge on any atom is -0.00187 e. The normalized spacial score (nSPS) is 11.5. The average Bonchev–Trinajstić information content (AvgIpc) is 2.61. The van der Waals surface area contributed by atoms with Crippen LogP contribution >= 0.6 is 0 Å². The molecule has 0 aromatic carbocycles. The zero-order valence-corrected chi connectivity index (χ0v) is 18.3. The fourth-order valence-electron chi connectivity index (χ4n) is 3.85. The minimum absolute atomic E-state index is 1.30. The molecule has 0 unspecified atom stereocenters. The third-order valence-electron chi connectivity index (χ3n) is 5.41. The summed E-state index contributed by atoms with van der Waals surface area (Å²) in [6.45, 7) is 10.8. The van der Waals surface area contributed by atoms with E-state index in [-0.39, 0.29) is 0 Å². The van der Waals surface area contributed by atoms with E-state index >= 15 is 0 Å². The van der Waals surface area contributed by atoms with Crippen LogP contribution in [0.4, 0.5) is 0 Å². The van der Waals surface area contributed by atoms with Gasteiger partial charge in [-0.2, -0.15) is 0 Å². The lowest BCUT2D eigenvalue weighted by molar-refractivity contribution is 0.267. The highest BCUT2D eigenvalue weighted by atomic mass is 15.1. The predicted molar refractivity (Wildman–Crippen MR) is 117 cm³/mol. The van der Waals surface area contributed by atoms with Crippen LogP contribution in [0.5, 0.6) is 0 Å². The Morgan fingerprint density at radius 2 is 0.640 bits per heavy atom. The summed E-state index contributed by atoms with van der Waals surface area (Å²) in [7, 11) is 0. The minimum Gasteiger partial charge on any atom is -0.303 e. The van der Waals surface area contributed by atoms with Crippen LogP contribution in [0.3, 0.4) is 0 Å². The van der Waals surface area contributed by atoms with Crippen molar-refractivity contribution >= 4 is 0 Å². The molecule has 1 nitrogen and oxygen atoms in total. The van der Waals surface area contributed by atoms with Crippen LogP contribution in [0.2, 0.25) is 0 Å². The maximum atomic E-state index is 2.66. The molecule has 0 amide bonds. The Morgan fingerprint density at radius 3 is 0.960 bits per heavy atom. The Balaban J connectivity index is 3.13. The van der Waals surface area contributed by atoms with Crippen molar-refractivity contribution < 1.29 is 0 Å². The second kappa shape index (κ2) is 22.0. The summed E-state index contributed by atoms with van der Waals surface area (Å²) in [6, 6.07) is 0. The minimum atomic E-state index is 1.30. The lowest BCUT2D eigenvalue weighted by Gasteiger charge is -2.20. The van der Waals surface area contributed by atoms with E-state index in [9.17, 15) is 0 Å². The SMILES string of the molecule is CCCCCCCCCCCCCCCCCCN(CCC)CCC. The number of hydrogen-bond acceptors (Lipinski definition) is 1. The zero-order valence-electron chi connectivity index (χ0n) is 18.3. The van der Waals surface area contributed by atoms with Crippen LogP contribution in [0.15, 0.2) is 0 Å². The average molecular weight is 354 g/mol. The number of unbranched alkanes of at least 4 members (excludes halogenated alkanes) is 15. The molecule has 0 bridgehead atoms. The summed E-state index contributed by atoms with van der Waals surface area (Å²) in [5.41, 5.74) is 0. The molecule has 0 fully saturated rings. The van der Waals surface area contributed by atoms with Crippen molar-refractivity contribution in [2.75, 3.05) is 19.6 Å². The Hall–Kier alpha value is -0.0400. The molecule has 0 saturated heterocycles. The van der Waals surface area contributed by atoms with E-state index in [4.69, 9.17) is 0 Å². The molecular formula is C24H51N. The van der Waals surface area contributed by atoms with Crippen molar-refractivity contribution in [3.8, 4) is 0 Å². The van der Waals surface area contributed by atoms with Crippen LogP contribution in [-0.2, 0) is 0 Å². The van der Waals surface area contributed by atoms with Crippen LogP contribution in [0.1, 0.15) is 136 Å². The highest BCUT2D eigenvalue weighted by molar-refractivity contribution is 4.57. The molecular weight excluding hydrogens is 302 g/mol. The van der Waals surface area contributed by atoms with Gasteiger partial charge in [-0.05, 0) is 38.9 Å². The first kappa shape index (κ1) is 25.0. The monoisotopic (exact) mass is 353 g/mol. The molecule has 1 heteroatoms. The maximum absolute atomic E-state index is 2.66. The van der Waals surface area contributed by atoms with Crippen molar-refractivity contribution in [1.29, 1.82) is 0 Å². The van der Waals surface area contributed by atoms with Crippen molar-refractivity contribution in [2.24, 2.45) is 0 Å². The van der Waals surface area contributed by atoms with Gasteiger partial charge in [0.2, 0.25) is 0 Å². The van der Waals surface area contributed by atoms with Crippen molar-refractivity contribution in [3.63, 3.8) is 0 Å². The van der Waals surface area contributed by atoms with Gasteiger partial charge in [0.05, 0.1) is 0 Å². The van der Waals surface area contributed by atoms with Gasteiger partial charge >= 0.3 is 0 Å². The molecule has 0 aromatic rings. The molecule has 25 heavy (non-hydrogen) atoms. The molecule has 152 valence electrons. The van der Waals surface area contributed by atoms with Crippen LogP contribution in [0.25, 0.3) is 0 Å². The van der Waals surface area contributed by atoms with E-state index in [0.717, 1.165) is 0 Å². The number of hydrogen-bond donors (Lipinski definition) is 0. The Morgan fingerprint density at radius 1 is 0.320 bits per heavy atom. The van der Waals surface area contributed by atoms with E-state index in [1.807, 2.05) is 0 Å². The third kappa shape index (κ3) is 20.1. The van der Waals surface area contributed by atoms with Gasteiger partial charge in [0.25, 0.3) is 0 Å². The summed E-state index contributed by atoms with van der Waals surface area (Å²) >= 11 is 0. The molecule has 0 heterocycles. The molecule has 0 aromatic heterocycles. The Kier molecular flexibility index (Phi) is 22.0. The zero-order chi connectivity index (χ0) is 18.4. The lowest BCUT2D eigenvalue weighted by Crippen LogP contribution is -2.26. The van der Waals surface area contributed by atoms with Gasteiger partial charge in [-0.15, -0.1) is 0 Å². The second-order valence-electron chi connectivity index (χ2n) is 8.14. The van der Waals surface area contributed by atoms with Crippen molar-refractivity contribution in [2.45, 2.75) is 136 Å². The van der Waals surface area contributed by atoms with E-state index < -0.39 is 0 Å². The molecule has 0 spiro atoms. The lowest BCUT2D eigenvalue weighted by atomic mass is 10.0. The summed E-state index contributed by atoms with van der Waals surface area (Å²) in [4.78, 5) is 2.66. The Labute approximate surface area is 161 Å². The van der Waals surface area contributed by atoms with Gasteiger partial charge in [0, 0.05) is 0 Å². The predicted octanol–water partition coefficient (Wildman–Crippen LogP) is 8.37. The first-order valence-electron chi connectivity index (χ1n) is 12.1. The summed E-state index contributed by atoms with van der Waals surface area (Å²) in [5.74, 6) is 0. The quantitative estimate of drug-likeness (QED) is 0.187. The first-order valence-corrected chi connectivity index (χ1v) is 12.1. The summed E-state index contributed by atoms with van der Waals surface area (Å²) in [5, 5.41) is 0. The fraction of sp³-hybridized carbons (Fsp3) is 1.00. The molecule has 0 aliphatic heterocycles.